The number of piperazine rings is 1. The maximum Gasteiger partial charge on any atom is 0.322 e. The molecule has 1 saturated heterocycles. The second kappa shape index (κ2) is 5.52. The molecule has 2 N–H and O–H groups in total. The van der Waals surface area contributed by atoms with Crippen LogP contribution in [0, 0.1) is 0 Å². The Morgan fingerprint density at radius 3 is 2.45 bits per heavy atom. The van der Waals surface area contributed by atoms with Crippen molar-refractivity contribution < 1.29 is 19.2 Å². The van der Waals surface area contributed by atoms with Crippen LogP contribution in [0.1, 0.15) is 17.3 Å². The average molecular weight is 275 g/mol. The summed E-state index contributed by atoms with van der Waals surface area (Å²) in [5.74, 6) is -1.16. The van der Waals surface area contributed by atoms with Crippen molar-refractivity contribution in [1.82, 2.24) is 10.2 Å². The highest BCUT2D eigenvalue weighted by molar-refractivity contribution is 6.04. The lowest BCUT2D eigenvalue weighted by Crippen LogP contribution is -2.54. The molecule has 1 aliphatic heterocycles. The van der Waals surface area contributed by atoms with Crippen LogP contribution in [0.4, 0.5) is 10.5 Å². The third-order valence-corrected chi connectivity index (χ3v) is 2.76. The largest absolute Gasteiger partial charge is 0.322 e. The molecule has 1 fully saturated rings. The first-order valence-corrected chi connectivity index (χ1v) is 5.95. The van der Waals surface area contributed by atoms with Gasteiger partial charge < -0.3 is 10.2 Å². The Morgan fingerprint density at radius 2 is 1.85 bits per heavy atom. The number of imide groups is 1. The van der Waals surface area contributed by atoms with Gasteiger partial charge in [0, 0.05) is 11.3 Å². The highest BCUT2D eigenvalue weighted by Crippen LogP contribution is 2.12. The number of benzene rings is 1. The van der Waals surface area contributed by atoms with Crippen LogP contribution in [0.3, 0.4) is 0 Å². The van der Waals surface area contributed by atoms with E-state index in [4.69, 9.17) is 0 Å². The Bertz CT molecular complexity index is 581. The molecule has 4 amide bonds. The second-order valence-corrected chi connectivity index (χ2v) is 4.39. The molecule has 1 aromatic rings. The van der Waals surface area contributed by atoms with Crippen molar-refractivity contribution in [2.24, 2.45) is 0 Å². The number of urea groups is 1. The van der Waals surface area contributed by atoms with Crippen molar-refractivity contribution in [3.8, 4) is 0 Å². The number of hydrogen-bond acceptors (Lipinski definition) is 4. The average Bonchev–Trinajstić information content (AvgIpc) is 2.37. The summed E-state index contributed by atoms with van der Waals surface area (Å²) in [7, 11) is 0. The van der Waals surface area contributed by atoms with Gasteiger partial charge in [0.15, 0.2) is 5.78 Å². The summed E-state index contributed by atoms with van der Waals surface area (Å²) >= 11 is 0. The van der Waals surface area contributed by atoms with Gasteiger partial charge >= 0.3 is 6.03 Å². The van der Waals surface area contributed by atoms with Crippen LogP contribution < -0.4 is 10.6 Å². The number of rotatable bonds is 2. The molecule has 0 unspecified atom stereocenters. The van der Waals surface area contributed by atoms with Crippen LogP contribution in [0.25, 0.3) is 0 Å². The monoisotopic (exact) mass is 275 g/mol. The lowest BCUT2D eigenvalue weighted by atomic mass is 10.1. The molecular formula is C13H13N3O4. The molecule has 0 spiro atoms. The molecule has 1 aliphatic rings. The number of nitrogens with zero attached hydrogens (tertiary/aromatic N) is 1. The Balaban J connectivity index is 2.07. The smallest absolute Gasteiger partial charge is 0.308 e. The van der Waals surface area contributed by atoms with E-state index in [-0.39, 0.29) is 18.9 Å². The van der Waals surface area contributed by atoms with Gasteiger partial charge in [0.05, 0.1) is 0 Å². The maximum absolute atomic E-state index is 11.9. The van der Waals surface area contributed by atoms with E-state index < -0.39 is 17.8 Å². The van der Waals surface area contributed by atoms with Gasteiger partial charge in [0.25, 0.3) is 0 Å². The van der Waals surface area contributed by atoms with Crippen molar-refractivity contribution in [3.05, 3.63) is 29.8 Å². The fourth-order valence-electron chi connectivity index (χ4n) is 1.80. The van der Waals surface area contributed by atoms with E-state index in [0.717, 1.165) is 4.90 Å². The van der Waals surface area contributed by atoms with Gasteiger partial charge in [-0.15, -0.1) is 0 Å². The number of nitrogens with one attached hydrogen (secondary N) is 2. The maximum atomic E-state index is 11.9. The SMILES string of the molecule is CC(=O)c1cccc(NC(=O)N2CC(=O)NC(=O)C2)c1. The number of amides is 4. The van der Waals surface area contributed by atoms with Crippen molar-refractivity contribution in [1.29, 1.82) is 0 Å². The topological polar surface area (TPSA) is 95.6 Å². The molecule has 104 valence electrons. The molecule has 0 atom stereocenters. The Morgan fingerprint density at radius 1 is 1.20 bits per heavy atom. The number of carbonyl (C=O) groups excluding carboxylic acids is 4. The van der Waals surface area contributed by atoms with Gasteiger partial charge in [-0.25, -0.2) is 4.79 Å². The van der Waals surface area contributed by atoms with E-state index in [9.17, 15) is 19.2 Å². The molecule has 0 bridgehead atoms. The van der Waals surface area contributed by atoms with E-state index in [0.29, 0.717) is 11.3 Å². The minimum atomic E-state index is -0.561. The van der Waals surface area contributed by atoms with E-state index in [1.807, 2.05) is 0 Å². The normalized spacial score (nSPS) is 14.8. The molecule has 1 aromatic carbocycles. The van der Waals surface area contributed by atoms with Crippen LogP contribution >= 0.6 is 0 Å². The molecule has 7 heteroatoms. The van der Waals surface area contributed by atoms with Crippen molar-refractivity contribution >= 4 is 29.3 Å². The molecule has 0 aliphatic carbocycles. The van der Waals surface area contributed by atoms with Crippen LogP contribution in [0.15, 0.2) is 24.3 Å². The van der Waals surface area contributed by atoms with Gasteiger partial charge in [-0.1, -0.05) is 12.1 Å². The predicted octanol–water partition coefficient (Wildman–Crippen LogP) is 0.379. The summed E-state index contributed by atoms with van der Waals surface area (Å²) in [5.41, 5.74) is 0.899. The lowest BCUT2D eigenvalue weighted by molar-refractivity contribution is -0.134. The van der Waals surface area contributed by atoms with Crippen molar-refractivity contribution in [2.45, 2.75) is 6.92 Å². The third-order valence-electron chi connectivity index (χ3n) is 2.76. The summed E-state index contributed by atoms with van der Waals surface area (Å²) in [6, 6.07) is 5.87. The molecule has 20 heavy (non-hydrogen) atoms. The zero-order valence-corrected chi connectivity index (χ0v) is 10.8. The lowest BCUT2D eigenvalue weighted by Gasteiger charge is -2.25. The molecular weight excluding hydrogens is 262 g/mol. The summed E-state index contributed by atoms with van der Waals surface area (Å²) in [6.45, 7) is 1.07. The first-order chi connectivity index (χ1) is 9.45. The second-order valence-electron chi connectivity index (χ2n) is 4.39. The summed E-state index contributed by atoms with van der Waals surface area (Å²) in [6.07, 6.45) is 0. The van der Waals surface area contributed by atoms with E-state index in [1.54, 1.807) is 18.2 Å². The number of carbonyl (C=O) groups is 4. The van der Waals surface area contributed by atoms with Gasteiger partial charge in [-0.3, -0.25) is 19.7 Å². The fraction of sp³-hybridized carbons (Fsp3) is 0.231. The molecule has 0 aromatic heterocycles. The molecule has 0 saturated carbocycles. The highest BCUT2D eigenvalue weighted by Gasteiger charge is 2.26. The number of hydrogen-bond donors (Lipinski definition) is 2. The Labute approximate surface area is 114 Å². The first-order valence-electron chi connectivity index (χ1n) is 5.95. The molecule has 0 radical (unpaired) electrons. The van der Waals surface area contributed by atoms with Crippen LogP contribution in [-0.2, 0) is 9.59 Å². The third kappa shape index (κ3) is 3.19. The standard InChI is InChI=1S/C13H13N3O4/c1-8(17)9-3-2-4-10(5-9)14-13(20)16-6-11(18)15-12(19)7-16/h2-5H,6-7H2,1H3,(H,14,20)(H,15,18,19). The number of Topliss-reactive ketones (excluding diaryl/α,β-unsaturated/α-hetero) is 1. The Kier molecular flexibility index (Phi) is 3.79. The highest BCUT2D eigenvalue weighted by atomic mass is 16.2. The predicted molar refractivity (Wildman–Crippen MR) is 70.2 cm³/mol. The van der Waals surface area contributed by atoms with Gasteiger partial charge in [0.2, 0.25) is 11.8 Å². The van der Waals surface area contributed by atoms with Crippen molar-refractivity contribution in [2.75, 3.05) is 18.4 Å². The number of anilines is 1. The van der Waals surface area contributed by atoms with Crippen molar-refractivity contribution in [3.63, 3.8) is 0 Å². The van der Waals surface area contributed by atoms with Gasteiger partial charge in [0.1, 0.15) is 13.1 Å². The summed E-state index contributed by atoms with van der Waals surface area (Å²) in [4.78, 5) is 46.7. The van der Waals surface area contributed by atoms with E-state index >= 15 is 0 Å². The molecule has 7 nitrogen and oxygen atoms in total. The van der Waals surface area contributed by atoms with Gasteiger partial charge in [-0.2, -0.15) is 0 Å². The van der Waals surface area contributed by atoms with Crippen LogP contribution in [-0.4, -0.2) is 41.6 Å². The molecule has 2 rings (SSSR count). The van der Waals surface area contributed by atoms with Crippen LogP contribution in [0.2, 0.25) is 0 Å². The fourth-order valence-corrected chi connectivity index (χ4v) is 1.80. The Hall–Kier alpha value is -2.70. The zero-order chi connectivity index (χ0) is 14.7. The first kappa shape index (κ1) is 13.7. The zero-order valence-electron chi connectivity index (χ0n) is 10.8. The minimum absolute atomic E-state index is 0.117. The minimum Gasteiger partial charge on any atom is -0.308 e. The summed E-state index contributed by atoms with van der Waals surface area (Å²) in [5, 5.41) is 4.66. The van der Waals surface area contributed by atoms with Gasteiger partial charge in [-0.05, 0) is 19.1 Å². The summed E-state index contributed by atoms with van der Waals surface area (Å²) < 4.78 is 0. The molecule has 1 heterocycles. The van der Waals surface area contributed by atoms with E-state index in [1.165, 1.54) is 13.0 Å². The van der Waals surface area contributed by atoms with E-state index in [2.05, 4.69) is 10.6 Å². The quantitative estimate of drug-likeness (QED) is 0.602. The van der Waals surface area contributed by atoms with Crippen LogP contribution in [0.5, 0.6) is 0 Å². The number of ketones is 1.